The highest BCUT2D eigenvalue weighted by Crippen LogP contribution is 2.31. The fourth-order valence-corrected chi connectivity index (χ4v) is 2.40. The Morgan fingerprint density at radius 2 is 1.91 bits per heavy atom. The van der Waals surface area contributed by atoms with Gasteiger partial charge in [0, 0.05) is 6.54 Å². The van der Waals surface area contributed by atoms with Gasteiger partial charge in [0.1, 0.15) is 0 Å². The molecule has 23 heavy (non-hydrogen) atoms. The van der Waals surface area contributed by atoms with Crippen LogP contribution in [0.15, 0.2) is 48.5 Å². The fourth-order valence-electron chi connectivity index (χ4n) is 2.40. The van der Waals surface area contributed by atoms with Gasteiger partial charge < -0.3 is 16.0 Å². The summed E-state index contributed by atoms with van der Waals surface area (Å²) in [5, 5.41) is 3.05. The minimum absolute atomic E-state index is 0.137. The number of benzene rings is 2. The summed E-state index contributed by atoms with van der Waals surface area (Å²) in [4.78, 5) is 7.43. The minimum Gasteiger partial charge on any atom is -0.348 e. The quantitative estimate of drug-likeness (QED) is 0.687. The summed E-state index contributed by atoms with van der Waals surface area (Å²) in [7, 11) is 0. The Kier molecular flexibility index (Phi) is 3.96. The van der Waals surface area contributed by atoms with Crippen molar-refractivity contribution in [1.82, 2.24) is 9.97 Å². The molecule has 7 heteroatoms. The number of anilines is 1. The first-order valence-corrected chi connectivity index (χ1v) is 7.06. The zero-order chi connectivity index (χ0) is 16.4. The lowest BCUT2D eigenvalue weighted by Crippen LogP contribution is -2.21. The van der Waals surface area contributed by atoms with Crippen LogP contribution in [0.1, 0.15) is 17.2 Å². The first-order chi connectivity index (χ1) is 11.0. The summed E-state index contributed by atoms with van der Waals surface area (Å²) >= 11 is 0. The normalized spacial score (nSPS) is 13.2. The first kappa shape index (κ1) is 15.4. The lowest BCUT2D eigenvalue weighted by molar-refractivity contribution is -0.137. The van der Waals surface area contributed by atoms with Crippen LogP contribution in [-0.4, -0.2) is 16.5 Å². The molecular weight excluding hydrogens is 305 g/mol. The third-order valence-electron chi connectivity index (χ3n) is 3.55. The van der Waals surface area contributed by atoms with Crippen molar-refractivity contribution in [2.75, 3.05) is 11.9 Å². The molecule has 0 saturated heterocycles. The van der Waals surface area contributed by atoms with Crippen LogP contribution in [0.3, 0.4) is 0 Å². The van der Waals surface area contributed by atoms with Crippen LogP contribution >= 0.6 is 0 Å². The maximum absolute atomic E-state index is 12.8. The number of nitrogens with one attached hydrogen (secondary N) is 2. The van der Waals surface area contributed by atoms with E-state index in [-0.39, 0.29) is 6.54 Å². The predicted octanol–water partition coefficient (Wildman–Crippen LogP) is 3.69. The van der Waals surface area contributed by atoms with Crippen molar-refractivity contribution in [2.24, 2.45) is 5.73 Å². The van der Waals surface area contributed by atoms with Crippen LogP contribution in [0.2, 0.25) is 0 Å². The average molecular weight is 320 g/mol. The molecule has 2 aromatic carbocycles. The summed E-state index contributed by atoms with van der Waals surface area (Å²) in [6, 6.07) is 12.1. The van der Waals surface area contributed by atoms with E-state index in [0.717, 1.165) is 23.2 Å². The van der Waals surface area contributed by atoms with Crippen molar-refractivity contribution in [3.63, 3.8) is 0 Å². The van der Waals surface area contributed by atoms with Crippen LogP contribution in [0.25, 0.3) is 11.0 Å². The van der Waals surface area contributed by atoms with E-state index in [4.69, 9.17) is 5.73 Å². The standard InChI is InChI=1S/C16H15F3N4/c17-16(18,19)11-5-3-4-10(8-11)14(9-20)23-15-21-12-6-1-2-7-13(12)22-15/h1-8,14H,9,20H2,(H2,21,22,23). The van der Waals surface area contributed by atoms with Gasteiger partial charge in [-0.2, -0.15) is 13.2 Å². The SMILES string of the molecule is NCC(Nc1nc2ccccc2[nH]1)c1cccc(C(F)(F)F)c1. The molecule has 0 fully saturated rings. The minimum atomic E-state index is -4.38. The molecule has 1 aromatic heterocycles. The summed E-state index contributed by atoms with van der Waals surface area (Å²) in [5.74, 6) is 0.471. The predicted molar refractivity (Wildman–Crippen MR) is 83.0 cm³/mol. The van der Waals surface area contributed by atoms with Gasteiger partial charge in [-0.15, -0.1) is 0 Å². The monoisotopic (exact) mass is 320 g/mol. The molecule has 4 N–H and O–H groups in total. The van der Waals surface area contributed by atoms with Gasteiger partial charge in [0.25, 0.3) is 0 Å². The van der Waals surface area contributed by atoms with Crippen molar-refractivity contribution in [2.45, 2.75) is 12.2 Å². The maximum Gasteiger partial charge on any atom is 0.416 e. The molecule has 0 aliphatic carbocycles. The lowest BCUT2D eigenvalue weighted by Gasteiger charge is -2.18. The molecule has 3 rings (SSSR count). The Morgan fingerprint density at radius 1 is 1.13 bits per heavy atom. The molecule has 0 radical (unpaired) electrons. The number of H-pyrrole nitrogens is 1. The smallest absolute Gasteiger partial charge is 0.348 e. The van der Waals surface area contributed by atoms with Crippen LogP contribution in [0.4, 0.5) is 19.1 Å². The molecular formula is C16H15F3N4. The van der Waals surface area contributed by atoms with Crippen molar-refractivity contribution in [3.8, 4) is 0 Å². The molecule has 0 aliphatic heterocycles. The van der Waals surface area contributed by atoms with Gasteiger partial charge in [-0.05, 0) is 29.8 Å². The van der Waals surface area contributed by atoms with Gasteiger partial charge in [-0.25, -0.2) is 4.98 Å². The summed E-state index contributed by atoms with van der Waals surface area (Å²) in [5.41, 5.74) is 7.10. The first-order valence-electron chi connectivity index (χ1n) is 7.06. The average Bonchev–Trinajstić information content (AvgIpc) is 2.94. The maximum atomic E-state index is 12.8. The number of aromatic amines is 1. The molecule has 0 amide bonds. The van der Waals surface area contributed by atoms with Gasteiger partial charge in [0.05, 0.1) is 22.6 Å². The zero-order valence-electron chi connectivity index (χ0n) is 12.1. The highest BCUT2D eigenvalue weighted by Gasteiger charge is 2.31. The van der Waals surface area contributed by atoms with Gasteiger partial charge in [0.15, 0.2) is 0 Å². The Morgan fingerprint density at radius 3 is 2.61 bits per heavy atom. The molecule has 0 bridgehead atoms. The van der Waals surface area contributed by atoms with Gasteiger partial charge in [0.2, 0.25) is 5.95 Å². The van der Waals surface area contributed by atoms with E-state index in [2.05, 4.69) is 15.3 Å². The second-order valence-corrected chi connectivity index (χ2v) is 5.16. The molecule has 3 aromatic rings. The number of rotatable bonds is 4. The number of nitrogens with two attached hydrogens (primary N) is 1. The molecule has 0 spiro atoms. The summed E-state index contributed by atoms with van der Waals surface area (Å²) in [6.07, 6.45) is -4.38. The number of hydrogen-bond acceptors (Lipinski definition) is 3. The molecule has 4 nitrogen and oxygen atoms in total. The van der Waals surface area contributed by atoms with E-state index in [1.807, 2.05) is 24.3 Å². The Bertz CT molecular complexity index is 777. The third-order valence-corrected chi connectivity index (χ3v) is 3.55. The molecule has 0 aliphatic rings. The van der Waals surface area contributed by atoms with Crippen molar-refractivity contribution < 1.29 is 13.2 Å². The number of alkyl halides is 3. The second-order valence-electron chi connectivity index (χ2n) is 5.16. The Hall–Kier alpha value is -2.54. The number of aromatic nitrogens is 2. The number of halogens is 3. The highest BCUT2D eigenvalue weighted by molar-refractivity contribution is 5.77. The lowest BCUT2D eigenvalue weighted by atomic mass is 10.0. The van der Waals surface area contributed by atoms with Crippen molar-refractivity contribution >= 4 is 17.0 Å². The number of hydrogen-bond donors (Lipinski definition) is 3. The van der Waals surface area contributed by atoms with Crippen LogP contribution in [0.5, 0.6) is 0 Å². The zero-order valence-corrected chi connectivity index (χ0v) is 12.1. The van der Waals surface area contributed by atoms with Gasteiger partial charge in [-0.3, -0.25) is 0 Å². The molecule has 1 unspecified atom stereocenters. The largest absolute Gasteiger partial charge is 0.416 e. The van der Waals surface area contributed by atoms with E-state index < -0.39 is 17.8 Å². The van der Waals surface area contributed by atoms with E-state index in [1.165, 1.54) is 6.07 Å². The van der Waals surface area contributed by atoms with Crippen LogP contribution < -0.4 is 11.1 Å². The fraction of sp³-hybridized carbons (Fsp3) is 0.188. The van der Waals surface area contributed by atoms with E-state index in [0.29, 0.717) is 11.5 Å². The second kappa shape index (κ2) is 5.92. The number of para-hydroxylation sites is 2. The van der Waals surface area contributed by atoms with E-state index in [9.17, 15) is 13.2 Å². The Labute approximate surface area is 130 Å². The summed E-state index contributed by atoms with van der Waals surface area (Å²) < 4.78 is 38.5. The van der Waals surface area contributed by atoms with Crippen molar-refractivity contribution in [1.29, 1.82) is 0 Å². The number of fused-ring (bicyclic) bond motifs is 1. The molecule has 120 valence electrons. The van der Waals surface area contributed by atoms with E-state index in [1.54, 1.807) is 6.07 Å². The number of imidazole rings is 1. The molecule has 1 atom stereocenters. The summed E-state index contributed by atoms with van der Waals surface area (Å²) in [6.45, 7) is 0.137. The van der Waals surface area contributed by atoms with Gasteiger partial charge >= 0.3 is 6.18 Å². The van der Waals surface area contributed by atoms with Crippen LogP contribution in [-0.2, 0) is 6.18 Å². The highest BCUT2D eigenvalue weighted by atomic mass is 19.4. The van der Waals surface area contributed by atoms with E-state index >= 15 is 0 Å². The Balaban J connectivity index is 1.88. The number of nitrogens with zero attached hydrogens (tertiary/aromatic N) is 1. The molecule has 1 heterocycles. The third kappa shape index (κ3) is 3.29. The van der Waals surface area contributed by atoms with Gasteiger partial charge in [-0.1, -0.05) is 24.3 Å². The van der Waals surface area contributed by atoms with Crippen molar-refractivity contribution in [3.05, 3.63) is 59.7 Å². The topological polar surface area (TPSA) is 66.7 Å². The molecule has 0 saturated carbocycles. The van der Waals surface area contributed by atoms with Crippen LogP contribution in [0, 0.1) is 0 Å².